The van der Waals surface area contributed by atoms with Gasteiger partial charge in [-0.05, 0) is 55.1 Å². The van der Waals surface area contributed by atoms with E-state index in [0.717, 1.165) is 12.8 Å². The van der Waals surface area contributed by atoms with Crippen LogP contribution in [-0.4, -0.2) is 39.7 Å². The molecule has 2 aliphatic carbocycles. The monoisotopic (exact) mass is 402 g/mol. The molecule has 0 bridgehead atoms. The van der Waals surface area contributed by atoms with Gasteiger partial charge in [-0.1, -0.05) is 48.6 Å². The molecule has 2 aliphatic rings. The summed E-state index contributed by atoms with van der Waals surface area (Å²) in [5.74, 6) is -1.32. The van der Waals surface area contributed by atoms with Crippen molar-refractivity contribution in [2.24, 2.45) is 17.8 Å². The maximum absolute atomic E-state index is 14.5. The number of carbonyl (C=O) groups is 1. The average Bonchev–Trinajstić information content (AvgIpc) is 3.23. The van der Waals surface area contributed by atoms with Crippen molar-refractivity contribution < 1.29 is 24.5 Å². The van der Waals surface area contributed by atoms with Crippen molar-refractivity contribution in [2.45, 2.75) is 63.3 Å². The number of halogens is 1. The number of carboxylic acid groups (broad SMARTS) is 1. The molecule has 0 saturated heterocycles. The first-order valence-electron chi connectivity index (χ1n) is 10.6. The summed E-state index contributed by atoms with van der Waals surface area (Å²) < 4.78 is 14.5. The van der Waals surface area contributed by atoms with Crippen molar-refractivity contribution in [3.05, 3.63) is 59.7 Å². The van der Waals surface area contributed by atoms with E-state index in [1.807, 2.05) is 24.3 Å². The molecule has 3 rings (SSSR count). The van der Waals surface area contributed by atoms with Crippen molar-refractivity contribution >= 4 is 5.97 Å². The molecule has 158 valence electrons. The summed E-state index contributed by atoms with van der Waals surface area (Å²) in [6.45, 7) is 0. The van der Waals surface area contributed by atoms with Crippen LogP contribution >= 0.6 is 0 Å². The maximum atomic E-state index is 14.5. The molecule has 0 aromatic heterocycles. The van der Waals surface area contributed by atoms with Gasteiger partial charge in [0.2, 0.25) is 0 Å². The molecule has 3 N–H and O–H groups in total. The average molecular weight is 403 g/mol. The van der Waals surface area contributed by atoms with Gasteiger partial charge in [0, 0.05) is 18.8 Å². The van der Waals surface area contributed by atoms with E-state index < -0.39 is 30.3 Å². The minimum atomic E-state index is -1.11. The Bertz CT molecular complexity index is 719. The van der Waals surface area contributed by atoms with Gasteiger partial charge < -0.3 is 15.3 Å². The first-order valence-corrected chi connectivity index (χ1v) is 10.6. The lowest BCUT2D eigenvalue weighted by Gasteiger charge is -2.20. The highest BCUT2D eigenvalue weighted by Gasteiger charge is 2.40. The van der Waals surface area contributed by atoms with Crippen LogP contribution in [0.5, 0.6) is 0 Å². The van der Waals surface area contributed by atoms with E-state index in [2.05, 4.69) is 12.1 Å². The van der Waals surface area contributed by atoms with Gasteiger partial charge in [-0.25, -0.2) is 4.39 Å². The zero-order valence-electron chi connectivity index (χ0n) is 16.7. The van der Waals surface area contributed by atoms with Gasteiger partial charge in [0.25, 0.3) is 0 Å². The topological polar surface area (TPSA) is 77.8 Å². The van der Waals surface area contributed by atoms with E-state index in [1.165, 1.54) is 11.1 Å². The second-order valence-corrected chi connectivity index (χ2v) is 8.37. The van der Waals surface area contributed by atoms with E-state index in [4.69, 9.17) is 5.11 Å². The molecule has 0 radical (unpaired) electrons. The molecule has 4 nitrogen and oxygen atoms in total. The maximum Gasteiger partial charge on any atom is 0.303 e. The van der Waals surface area contributed by atoms with Gasteiger partial charge in [0.15, 0.2) is 0 Å². The number of fused-ring (bicyclic) bond motifs is 1. The number of benzene rings is 1. The summed E-state index contributed by atoms with van der Waals surface area (Å²) in [5, 5.41) is 29.5. The molecule has 0 spiro atoms. The predicted octanol–water partition coefficient (Wildman–Crippen LogP) is 3.85. The van der Waals surface area contributed by atoms with Crippen LogP contribution in [0, 0.1) is 17.8 Å². The van der Waals surface area contributed by atoms with Gasteiger partial charge in [0.1, 0.15) is 6.17 Å². The largest absolute Gasteiger partial charge is 0.481 e. The zero-order chi connectivity index (χ0) is 20.8. The number of hydrogen-bond donors (Lipinski definition) is 3. The Morgan fingerprint density at radius 2 is 1.90 bits per heavy atom. The lowest BCUT2D eigenvalue weighted by atomic mass is 9.89. The number of allylic oxidation sites excluding steroid dienone is 3. The third kappa shape index (κ3) is 5.77. The molecule has 5 atom stereocenters. The molecule has 29 heavy (non-hydrogen) atoms. The smallest absolute Gasteiger partial charge is 0.303 e. The standard InChI is InChI=1S/C24H31FO4/c25-21-15-23(27)20(9-3-1-2-4-10-24(28)29)19(21)11-12-22(26)18-13-16-7-5-6-8-17(16)14-18/h1,3,5-8,11-12,18-23,26-27H,2,4,9-10,13-15H2,(H,28,29)/b3-1-,12-11+/t19-,20+,21-,22+,23-/m0/s1. The fourth-order valence-electron chi connectivity index (χ4n) is 4.64. The summed E-state index contributed by atoms with van der Waals surface area (Å²) in [6.07, 6.45) is 8.57. The fourth-order valence-corrected chi connectivity index (χ4v) is 4.64. The summed E-state index contributed by atoms with van der Waals surface area (Å²) in [5.41, 5.74) is 2.55. The van der Waals surface area contributed by atoms with Crippen LogP contribution in [0.1, 0.15) is 43.2 Å². The number of rotatable bonds is 9. The van der Waals surface area contributed by atoms with Crippen LogP contribution in [0.3, 0.4) is 0 Å². The summed E-state index contributed by atoms with van der Waals surface area (Å²) in [4.78, 5) is 10.5. The van der Waals surface area contributed by atoms with Crippen molar-refractivity contribution in [1.29, 1.82) is 0 Å². The predicted molar refractivity (Wildman–Crippen MR) is 110 cm³/mol. The van der Waals surface area contributed by atoms with Gasteiger partial charge in [-0.2, -0.15) is 0 Å². The number of carboxylic acids is 1. The summed E-state index contributed by atoms with van der Waals surface area (Å²) >= 11 is 0. The van der Waals surface area contributed by atoms with Crippen LogP contribution in [0.25, 0.3) is 0 Å². The van der Waals surface area contributed by atoms with Gasteiger partial charge in [-0.3, -0.25) is 4.79 Å². The van der Waals surface area contributed by atoms with Crippen LogP contribution in [-0.2, 0) is 17.6 Å². The van der Waals surface area contributed by atoms with E-state index in [1.54, 1.807) is 12.2 Å². The molecule has 1 aromatic rings. The third-order valence-electron chi connectivity index (χ3n) is 6.31. The number of aliphatic hydroxyl groups excluding tert-OH is 2. The minimum absolute atomic E-state index is 0.112. The Balaban J connectivity index is 1.53. The molecule has 0 amide bonds. The highest BCUT2D eigenvalue weighted by molar-refractivity contribution is 5.66. The van der Waals surface area contributed by atoms with Crippen LogP contribution in [0.4, 0.5) is 4.39 Å². The highest BCUT2D eigenvalue weighted by Crippen LogP contribution is 2.38. The Labute approximate surface area is 171 Å². The van der Waals surface area contributed by atoms with Gasteiger partial charge >= 0.3 is 5.97 Å². The van der Waals surface area contributed by atoms with E-state index in [9.17, 15) is 19.4 Å². The van der Waals surface area contributed by atoms with E-state index in [0.29, 0.717) is 19.3 Å². The van der Waals surface area contributed by atoms with Crippen molar-refractivity contribution in [3.8, 4) is 0 Å². The second-order valence-electron chi connectivity index (χ2n) is 8.37. The molecule has 1 aromatic carbocycles. The summed E-state index contributed by atoms with van der Waals surface area (Å²) in [7, 11) is 0. The second kappa shape index (κ2) is 10.2. The third-order valence-corrected chi connectivity index (χ3v) is 6.31. The molecule has 1 fully saturated rings. The summed E-state index contributed by atoms with van der Waals surface area (Å²) in [6, 6.07) is 8.21. The SMILES string of the molecule is O=C(O)CCC/C=C\C[C@@H]1[C@H](/C=C/[C@@H](O)C2Cc3ccccc3C2)[C@@H](F)C[C@@H]1O. The molecular weight excluding hydrogens is 371 g/mol. The minimum Gasteiger partial charge on any atom is -0.481 e. The highest BCUT2D eigenvalue weighted by atomic mass is 19.1. The molecule has 1 saturated carbocycles. The number of unbranched alkanes of at least 4 members (excludes halogenated alkanes) is 1. The van der Waals surface area contributed by atoms with Crippen molar-refractivity contribution in [1.82, 2.24) is 0 Å². The zero-order valence-corrected chi connectivity index (χ0v) is 16.7. The molecule has 0 aliphatic heterocycles. The Kier molecular flexibility index (Phi) is 7.62. The Hall–Kier alpha value is -1.98. The number of aliphatic hydroxyl groups is 2. The fraction of sp³-hybridized carbons (Fsp3) is 0.542. The van der Waals surface area contributed by atoms with E-state index >= 15 is 0 Å². The number of alkyl halides is 1. The molecule has 5 heteroatoms. The van der Waals surface area contributed by atoms with Gasteiger partial charge in [-0.15, -0.1) is 0 Å². The molecule has 0 unspecified atom stereocenters. The lowest BCUT2D eigenvalue weighted by molar-refractivity contribution is -0.137. The van der Waals surface area contributed by atoms with Gasteiger partial charge in [0.05, 0.1) is 12.2 Å². The quantitative estimate of drug-likeness (QED) is 0.433. The molecular formula is C24H31FO4. The van der Waals surface area contributed by atoms with Crippen molar-refractivity contribution in [3.63, 3.8) is 0 Å². The normalized spacial score (nSPS) is 28.4. The number of hydrogen-bond acceptors (Lipinski definition) is 3. The lowest BCUT2D eigenvalue weighted by Crippen LogP contribution is -2.21. The van der Waals surface area contributed by atoms with Crippen molar-refractivity contribution in [2.75, 3.05) is 0 Å². The number of aliphatic carboxylic acids is 1. The van der Waals surface area contributed by atoms with Crippen LogP contribution < -0.4 is 0 Å². The first-order chi connectivity index (χ1) is 14.0. The Morgan fingerprint density at radius 3 is 2.55 bits per heavy atom. The van der Waals surface area contributed by atoms with Crippen LogP contribution in [0.15, 0.2) is 48.6 Å². The first kappa shape index (κ1) is 21.7. The van der Waals surface area contributed by atoms with E-state index in [-0.39, 0.29) is 24.7 Å². The molecule has 0 heterocycles. The Morgan fingerprint density at radius 1 is 1.21 bits per heavy atom. The van der Waals surface area contributed by atoms with Crippen LogP contribution in [0.2, 0.25) is 0 Å².